The number of nitrogens with one attached hydrogen (secondary N) is 1. The molecule has 1 atom stereocenters. The van der Waals surface area contributed by atoms with Gasteiger partial charge in [0.25, 0.3) is 0 Å². The first-order valence-electron chi connectivity index (χ1n) is 8.55. The molecule has 0 unspecified atom stereocenters. The third-order valence-corrected chi connectivity index (χ3v) is 4.76. The lowest BCUT2D eigenvalue weighted by molar-refractivity contribution is -0.121. The topological polar surface area (TPSA) is 52.7 Å². The molecule has 5 heteroatoms. The molecule has 5 nitrogen and oxygen atoms in total. The largest absolute Gasteiger partial charge is 0.326 e. The number of amides is 3. The van der Waals surface area contributed by atoms with Gasteiger partial charge in [-0.15, -0.1) is 0 Å². The highest BCUT2D eigenvalue weighted by atomic mass is 16.2. The first-order chi connectivity index (χ1) is 11.1. The van der Waals surface area contributed by atoms with Crippen molar-refractivity contribution in [3.63, 3.8) is 0 Å². The number of carbonyl (C=O) groups excluding carboxylic acids is 2. The number of carbonyl (C=O) groups is 2. The van der Waals surface area contributed by atoms with Crippen molar-refractivity contribution in [3.8, 4) is 0 Å². The average molecular weight is 315 g/mol. The quantitative estimate of drug-likeness (QED) is 0.912. The summed E-state index contributed by atoms with van der Waals surface area (Å²) >= 11 is 0. The number of benzene rings is 1. The zero-order chi connectivity index (χ0) is 16.2. The van der Waals surface area contributed by atoms with E-state index in [1.807, 2.05) is 41.0 Å². The van der Waals surface area contributed by atoms with Crippen molar-refractivity contribution in [1.82, 2.24) is 9.80 Å². The number of piperidine rings is 1. The van der Waals surface area contributed by atoms with Crippen LogP contribution in [-0.4, -0.2) is 47.9 Å². The summed E-state index contributed by atoms with van der Waals surface area (Å²) in [5, 5.41) is 2.98. The molecule has 3 rings (SSSR count). The first-order valence-corrected chi connectivity index (χ1v) is 8.55. The van der Waals surface area contributed by atoms with Gasteiger partial charge in [-0.25, -0.2) is 4.79 Å². The van der Waals surface area contributed by atoms with Crippen LogP contribution in [0.1, 0.15) is 31.2 Å². The minimum Gasteiger partial charge on any atom is -0.326 e. The highest BCUT2D eigenvalue weighted by Crippen LogP contribution is 2.21. The van der Waals surface area contributed by atoms with Crippen LogP contribution in [0.25, 0.3) is 0 Å². The Morgan fingerprint density at radius 3 is 2.35 bits per heavy atom. The number of nitrogens with zero attached hydrogens (tertiary/aromatic N) is 2. The van der Waals surface area contributed by atoms with Gasteiger partial charge < -0.3 is 15.1 Å². The number of aryl methyl sites for hydroxylation is 1. The van der Waals surface area contributed by atoms with Crippen molar-refractivity contribution >= 4 is 17.6 Å². The molecular formula is C18H25N3O2. The summed E-state index contributed by atoms with van der Waals surface area (Å²) in [5.74, 6) is -0.0932. The second-order valence-electron chi connectivity index (χ2n) is 6.62. The predicted octanol–water partition coefficient (Wildman–Crippen LogP) is 2.86. The lowest BCUT2D eigenvalue weighted by Gasteiger charge is -2.34. The van der Waals surface area contributed by atoms with E-state index in [4.69, 9.17) is 0 Å². The van der Waals surface area contributed by atoms with Crippen LogP contribution < -0.4 is 5.32 Å². The zero-order valence-corrected chi connectivity index (χ0v) is 13.8. The van der Waals surface area contributed by atoms with Gasteiger partial charge in [-0.2, -0.15) is 0 Å². The van der Waals surface area contributed by atoms with Crippen molar-refractivity contribution in [1.29, 1.82) is 0 Å². The fourth-order valence-corrected chi connectivity index (χ4v) is 3.35. The second-order valence-corrected chi connectivity index (χ2v) is 6.62. The number of likely N-dealkylation sites (tertiary alicyclic amines) is 2. The Morgan fingerprint density at radius 2 is 1.65 bits per heavy atom. The minimum atomic E-state index is -0.114. The molecule has 0 aromatic heterocycles. The Morgan fingerprint density at radius 1 is 1.00 bits per heavy atom. The van der Waals surface area contributed by atoms with Gasteiger partial charge in [0.15, 0.2) is 0 Å². The highest BCUT2D eigenvalue weighted by Gasteiger charge is 2.31. The van der Waals surface area contributed by atoms with E-state index >= 15 is 0 Å². The highest BCUT2D eigenvalue weighted by molar-refractivity contribution is 5.93. The Kier molecular flexibility index (Phi) is 4.84. The van der Waals surface area contributed by atoms with Gasteiger partial charge in [-0.1, -0.05) is 17.7 Å². The number of urea groups is 1. The fourth-order valence-electron chi connectivity index (χ4n) is 3.35. The van der Waals surface area contributed by atoms with E-state index in [0.29, 0.717) is 6.54 Å². The number of hydrogen-bond acceptors (Lipinski definition) is 2. The van der Waals surface area contributed by atoms with E-state index in [1.54, 1.807) is 0 Å². The Balaban J connectivity index is 1.57. The van der Waals surface area contributed by atoms with Crippen LogP contribution in [0.2, 0.25) is 0 Å². The Labute approximate surface area is 137 Å². The van der Waals surface area contributed by atoms with Gasteiger partial charge in [0.05, 0.1) is 5.92 Å². The number of rotatable bonds is 2. The number of hydrogen-bond donors (Lipinski definition) is 1. The molecule has 1 N–H and O–H groups in total. The molecule has 2 fully saturated rings. The van der Waals surface area contributed by atoms with Crippen LogP contribution in [0.4, 0.5) is 10.5 Å². The van der Waals surface area contributed by atoms with E-state index in [-0.39, 0.29) is 17.9 Å². The van der Waals surface area contributed by atoms with Crippen LogP contribution in [0.3, 0.4) is 0 Å². The molecule has 124 valence electrons. The van der Waals surface area contributed by atoms with Crippen molar-refractivity contribution in [3.05, 3.63) is 29.8 Å². The van der Waals surface area contributed by atoms with Gasteiger partial charge in [0.2, 0.25) is 5.91 Å². The summed E-state index contributed by atoms with van der Waals surface area (Å²) in [7, 11) is 0. The van der Waals surface area contributed by atoms with Crippen molar-refractivity contribution in [2.45, 2.75) is 32.6 Å². The molecule has 3 amide bonds. The molecule has 2 aliphatic heterocycles. The van der Waals surface area contributed by atoms with Crippen LogP contribution >= 0.6 is 0 Å². The molecule has 1 aromatic carbocycles. The molecule has 0 bridgehead atoms. The number of anilines is 1. The maximum atomic E-state index is 12.5. The second kappa shape index (κ2) is 7.02. The molecular weight excluding hydrogens is 290 g/mol. The standard InChI is InChI=1S/C18H25N3O2/c1-14-6-8-16(9-7-14)19-17(22)15-5-4-12-21(13-15)18(23)20-10-2-3-11-20/h6-9,15H,2-5,10-13H2,1H3,(H,19,22)/t15-/m1/s1. The Bertz CT molecular complexity index is 564. The van der Waals surface area contributed by atoms with Crippen molar-refractivity contribution < 1.29 is 9.59 Å². The fraction of sp³-hybridized carbons (Fsp3) is 0.556. The van der Waals surface area contributed by atoms with Gasteiger partial charge in [0.1, 0.15) is 0 Å². The summed E-state index contributed by atoms with van der Waals surface area (Å²) in [6.07, 6.45) is 3.93. The van der Waals surface area contributed by atoms with Crippen LogP contribution in [-0.2, 0) is 4.79 Å². The maximum absolute atomic E-state index is 12.5. The average Bonchev–Trinajstić information content (AvgIpc) is 3.11. The summed E-state index contributed by atoms with van der Waals surface area (Å²) in [4.78, 5) is 28.7. The van der Waals surface area contributed by atoms with E-state index < -0.39 is 0 Å². The molecule has 0 radical (unpaired) electrons. The van der Waals surface area contributed by atoms with Crippen LogP contribution in [0.5, 0.6) is 0 Å². The van der Waals surface area contributed by atoms with Crippen molar-refractivity contribution in [2.24, 2.45) is 5.92 Å². The molecule has 1 aromatic rings. The third kappa shape index (κ3) is 3.84. The van der Waals surface area contributed by atoms with Crippen molar-refractivity contribution in [2.75, 3.05) is 31.5 Å². The van der Waals surface area contributed by atoms with E-state index in [2.05, 4.69) is 5.32 Å². The van der Waals surface area contributed by atoms with Gasteiger partial charge in [-0.05, 0) is 44.7 Å². The smallest absolute Gasteiger partial charge is 0.320 e. The molecule has 2 aliphatic rings. The maximum Gasteiger partial charge on any atom is 0.320 e. The monoisotopic (exact) mass is 315 g/mol. The summed E-state index contributed by atoms with van der Waals surface area (Å²) in [5.41, 5.74) is 1.99. The van der Waals surface area contributed by atoms with Gasteiger partial charge in [0, 0.05) is 31.9 Å². The van der Waals surface area contributed by atoms with Gasteiger partial charge >= 0.3 is 6.03 Å². The Hall–Kier alpha value is -2.04. The third-order valence-electron chi connectivity index (χ3n) is 4.76. The zero-order valence-electron chi connectivity index (χ0n) is 13.8. The van der Waals surface area contributed by atoms with Gasteiger partial charge in [-0.3, -0.25) is 4.79 Å². The molecule has 0 saturated carbocycles. The minimum absolute atomic E-state index is 0.0211. The molecule has 2 saturated heterocycles. The SMILES string of the molecule is Cc1ccc(NC(=O)[C@@H]2CCCN(C(=O)N3CCCC3)C2)cc1. The van der Waals surface area contributed by atoms with E-state index in [1.165, 1.54) is 5.56 Å². The molecule has 0 aliphatic carbocycles. The van der Waals surface area contributed by atoms with E-state index in [9.17, 15) is 9.59 Å². The van der Waals surface area contributed by atoms with Crippen LogP contribution in [0, 0.1) is 12.8 Å². The summed E-state index contributed by atoms with van der Waals surface area (Å²) in [6, 6.07) is 7.92. The van der Waals surface area contributed by atoms with E-state index in [0.717, 1.165) is 51.0 Å². The van der Waals surface area contributed by atoms with Crippen LogP contribution in [0.15, 0.2) is 24.3 Å². The predicted molar refractivity (Wildman–Crippen MR) is 90.3 cm³/mol. The first kappa shape index (κ1) is 15.8. The summed E-state index contributed by atoms with van der Waals surface area (Å²) in [6.45, 7) is 5.04. The molecule has 0 spiro atoms. The normalized spacial score (nSPS) is 21.3. The lowest BCUT2D eigenvalue weighted by atomic mass is 9.97. The summed E-state index contributed by atoms with van der Waals surface area (Å²) < 4.78 is 0. The molecule has 23 heavy (non-hydrogen) atoms. The lowest BCUT2D eigenvalue weighted by Crippen LogP contribution is -2.48. The molecule has 2 heterocycles.